The Bertz CT molecular complexity index is 351. The van der Waals surface area contributed by atoms with Gasteiger partial charge in [0, 0.05) is 13.1 Å². The standard InChI is InChI=1S/C11H12F3N/c1-7(2)5-15-6-8-3-9(12)11(14)10(13)4-8/h3-4,15H,1,5-6H2,2H3. The van der Waals surface area contributed by atoms with Crippen molar-refractivity contribution in [2.45, 2.75) is 13.5 Å². The lowest BCUT2D eigenvalue weighted by Crippen LogP contribution is -2.15. The van der Waals surface area contributed by atoms with Crippen molar-refractivity contribution in [1.82, 2.24) is 5.32 Å². The number of rotatable bonds is 4. The van der Waals surface area contributed by atoms with Crippen molar-refractivity contribution in [2.24, 2.45) is 0 Å². The Kier molecular flexibility index (Phi) is 3.91. The first kappa shape index (κ1) is 11.8. The van der Waals surface area contributed by atoms with Crippen LogP contribution < -0.4 is 5.32 Å². The molecule has 0 saturated carbocycles. The fourth-order valence-corrected chi connectivity index (χ4v) is 1.13. The van der Waals surface area contributed by atoms with Crippen LogP contribution in [0.3, 0.4) is 0 Å². The SMILES string of the molecule is C=C(C)CNCc1cc(F)c(F)c(F)c1. The molecule has 0 spiro atoms. The first-order valence-electron chi connectivity index (χ1n) is 4.49. The van der Waals surface area contributed by atoms with Gasteiger partial charge >= 0.3 is 0 Å². The molecular formula is C11H12F3N. The maximum Gasteiger partial charge on any atom is 0.194 e. The summed E-state index contributed by atoms with van der Waals surface area (Å²) < 4.78 is 38.1. The molecule has 0 aliphatic rings. The molecule has 1 rings (SSSR count). The minimum absolute atomic E-state index is 0.279. The number of hydrogen-bond acceptors (Lipinski definition) is 1. The van der Waals surface area contributed by atoms with Crippen molar-refractivity contribution in [1.29, 1.82) is 0 Å². The van der Waals surface area contributed by atoms with E-state index in [2.05, 4.69) is 11.9 Å². The summed E-state index contributed by atoms with van der Waals surface area (Å²) >= 11 is 0. The molecule has 1 N–H and O–H groups in total. The number of benzene rings is 1. The highest BCUT2D eigenvalue weighted by Gasteiger charge is 2.09. The molecule has 4 heteroatoms. The van der Waals surface area contributed by atoms with Gasteiger partial charge in [-0.05, 0) is 24.6 Å². The molecule has 0 aromatic heterocycles. The van der Waals surface area contributed by atoms with Crippen molar-refractivity contribution < 1.29 is 13.2 Å². The van der Waals surface area contributed by atoms with E-state index in [1.54, 1.807) is 0 Å². The number of hydrogen-bond donors (Lipinski definition) is 1. The predicted molar refractivity (Wildman–Crippen MR) is 52.8 cm³/mol. The second-order valence-corrected chi connectivity index (χ2v) is 3.43. The minimum Gasteiger partial charge on any atom is -0.309 e. The van der Waals surface area contributed by atoms with E-state index >= 15 is 0 Å². The van der Waals surface area contributed by atoms with E-state index in [9.17, 15) is 13.2 Å². The van der Waals surface area contributed by atoms with Gasteiger partial charge in [-0.2, -0.15) is 0 Å². The van der Waals surface area contributed by atoms with E-state index in [0.29, 0.717) is 12.1 Å². The third-order valence-electron chi connectivity index (χ3n) is 1.80. The molecule has 1 nitrogen and oxygen atoms in total. The molecule has 1 aromatic carbocycles. The summed E-state index contributed by atoms with van der Waals surface area (Å²) in [6, 6.07) is 1.95. The topological polar surface area (TPSA) is 12.0 Å². The molecule has 0 atom stereocenters. The maximum absolute atomic E-state index is 12.8. The minimum atomic E-state index is -1.43. The second kappa shape index (κ2) is 4.98. The average molecular weight is 215 g/mol. The summed E-state index contributed by atoms with van der Waals surface area (Å²) in [7, 11) is 0. The molecule has 82 valence electrons. The molecule has 0 aliphatic heterocycles. The van der Waals surface area contributed by atoms with Crippen molar-refractivity contribution in [3.05, 3.63) is 47.3 Å². The largest absolute Gasteiger partial charge is 0.309 e. The Balaban J connectivity index is 2.66. The van der Waals surface area contributed by atoms with Crippen molar-refractivity contribution in [3.63, 3.8) is 0 Å². The fraction of sp³-hybridized carbons (Fsp3) is 0.273. The zero-order valence-electron chi connectivity index (χ0n) is 8.41. The summed E-state index contributed by atoms with van der Waals surface area (Å²) in [5.41, 5.74) is 1.28. The van der Waals surface area contributed by atoms with Crippen LogP contribution in [0.15, 0.2) is 24.3 Å². The van der Waals surface area contributed by atoms with Gasteiger partial charge in [0.05, 0.1) is 0 Å². The van der Waals surface area contributed by atoms with Crippen LogP contribution in [-0.4, -0.2) is 6.54 Å². The van der Waals surface area contributed by atoms with Gasteiger partial charge in [-0.15, -0.1) is 0 Å². The van der Waals surface area contributed by atoms with Gasteiger partial charge in [0.1, 0.15) is 0 Å². The van der Waals surface area contributed by atoms with Crippen LogP contribution in [0.4, 0.5) is 13.2 Å². The molecule has 15 heavy (non-hydrogen) atoms. The average Bonchev–Trinajstić information content (AvgIpc) is 2.13. The third kappa shape index (κ3) is 3.40. The van der Waals surface area contributed by atoms with Crippen LogP contribution >= 0.6 is 0 Å². The molecule has 0 heterocycles. The quantitative estimate of drug-likeness (QED) is 0.601. The van der Waals surface area contributed by atoms with Gasteiger partial charge < -0.3 is 5.32 Å². The monoisotopic (exact) mass is 215 g/mol. The van der Waals surface area contributed by atoms with Crippen LogP contribution in [0.5, 0.6) is 0 Å². The summed E-state index contributed by atoms with van der Waals surface area (Å²) in [5.74, 6) is -3.76. The second-order valence-electron chi connectivity index (χ2n) is 3.43. The Hall–Kier alpha value is -1.29. The van der Waals surface area contributed by atoms with E-state index in [-0.39, 0.29) is 6.54 Å². The molecule has 0 fully saturated rings. The first-order chi connectivity index (χ1) is 7.00. The van der Waals surface area contributed by atoms with Crippen molar-refractivity contribution in [2.75, 3.05) is 6.54 Å². The van der Waals surface area contributed by atoms with Gasteiger partial charge in [-0.25, -0.2) is 13.2 Å². The summed E-state index contributed by atoms with van der Waals surface area (Å²) in [6.45, 7) is 6.33. The van der Waals surface area contributed by atoms with E-state index in [0.717, 1.165) is 17.7 Å². The normalized spacial score (nSPS) is 10.4. The lowest BCUT2D eigenvalue weighted by atomic mass is 10.2. The van der Waals surface area contributed by atoms with Crippen LogP contribution in [0.25, 0.3) is 0 Å². The van der Waals surface area contributed by atoms with E-state index < -0.39 is 17.5 Å². The van der Waals surface area contributed by atoms with E-state index in [1.165, 1.54) is 0 Å². The maximum atomic E-state index is 12.8. The zero-order chi connectivity index (χ0) is 11.4. The van der Waals surface area contributed by atoms with Gasteiger partial charge in [0.2, 0.25) is 0 Å². The zero-order valence-corrected chi connectivity index (χ0v) is 8.41. The Morgan fingerprint density at radius 3 is 2.27 bits per heavy atom. The first-order valence-corrected chi connectivity index (χ1v) is 4.49. The lowest BCUT2D eigenvalue weighted by molar-refractivity contribution is 0.444. The van der Waals surface area contributed by atoms with Gasteiger partial charge in [0.15, 0.2) is 17.5 Å². The van der Waals surface area contributed by atoms with E-state index in [4.69, 9.17) is 0 Å². The lowest BCUT2D eigenvalue weighted by Gasteiger charge is -2.05. The van der Waals surface area contributed by atoms with Crippen LogP contribution in [0.1, 0.15) is 12.5 Å². The third-order valence-corrected chi connectivity index (χ3v) is 1.80. The van der Waals surface area contributed by atoms with E-state index in [1.807, 2.05) is 6.92 Å². The molecule has 0 bridgehead atoms. The summed E-state index contributed by atoms with van der Waals surface area (Å²) in [4.78, 5) is 0. The molecular weight excluding hydrogens is 203 g/mol. The molecule has 0 amide bonds. The smallest absolute Gasteiger partial charge is 0.194 e. The summed E-state index contributed by atoms with van der Waals surface area (Å²) in [5, 5.41) is 2.92. The van der Waals surface area contributed by atoms with Crippen LogP contribution in [0, 0.1) is 17.5 Å². The van der Waals surface area contributed by atoms with Gasteiger partial charge in [-0.3, -0.25) is 0 Å². The Labute approximate surface area is 86.6 Å². The van der Waals surface area contributed by atoms with Gasteiger partial charge in [-0.1, -0.05) is 12.2 Å². The van der Waals surface area contributed by atoms with Crippen molar-refractivity contribution in [3.8, 4) is 0 Å². The number of nitrogens with one attached hydrogen (secondary N) is 1. The highest BCUT2D eigenvalue weighted by Crippen LogP contribution is 2.13. The predicted octanol–water partition coefficient (Wildman–Crippen LogP) is 2.77. The molecule has 1 aromatic rings. The van der Waals surface area contributed by atoms with Crippen molar-refractivity contribution >= 4 is 0 Å². The molecule has 0 saturated heterocycles. The highest BCUT2D eigenvalue weighted by molar-refractivity contribution is 5.19. The fourth-order valence-electron chi connectivity index (χ4n) is 1.13. The number of halogens is 3. The summed E-state index contributed by atoms with van der Waals surface area (Å²) in [6.07, 6.45) is 0. The van der Waals surface area contributed by atoms with Crippen LogP contribution in [-0.2, 0) is 6.54 Å². The highest BCUT2D eigenvalue weighted by atomic mass is 19.2. The Morgan fingerprint density at radius 1 is 1.27 bits per heavy atom. The molecule has 0 unspecified atom stereocenters. The molecule has 0 aliphatic carbocycles. The van der Waals surface area contributed by atoms with Crippen LogP contribution in [0.2, 0.25) is 0 Å². The Morgan fingerprint density at radius 2 is 1.80 bits per heavy atom. The molecule has 0 radical (unpaired) electrons. The van der Waals surface area contributed by atoms with Gasteiger partial charge in [0.25, 0.3) is 0 Å².